The zero-order chi connectivity index (χ0) is 23.1. The molecular formula is C25H32FNO5. The molecule has 0 saturated carbocycles. The molecule has 1 saturated heterocycles. The Morgan fingerprint density at radius 1 is 1.09 bits per heavy atom. The Bertz CT molecular complexity index is 881. The van der Waals surface area contributed by atoms with E-state index in [1.807, 2.05) is 45.0 Å². The number of amides is 1. The highest BCUT2D eigenvalue weighted by Gasteiger charge is 2.33. The number of halogens is 1. The van der Waals surface area contributed by atoms with Gasteiger partial charge < -0.3 is 24.2 Å². The third-order valence-corrected chi connectivity index (χ3v) is 5.19. The van der Waals surface area contributed by atoms with E-state index < -0.39 is 17.8 Å². The highest BCUT2D eigenvalue weighted by atomic mass is 19.1. The molecule has 1 N–H and O–H groups in total. The molecule has 6 nitrogen and oxygen atoms in total. The predicted octanol–water partition coefficient (Wildman–Crippen LogP) is 4.76. The van der Waals surface area contributed by atoms with Crippen molar-refractivity contribution in [2.45, 2.75) is 51.2 Å². The molecule has 0 aliphatic carbocycles. The van der Waals surface area contributed by atoms with E-state index in [1.165, 1.54) is 6.07 Å². The summed E-state index contributed by atoms with van der Waals surface area (Å²) < 4.78 is 30.1. The molecule has 174 valence electrons. The van der Waals surface area contributed by atoms with E-state index in [2.05, 4.69) is 0 Å². The van der Waals surface area contributed by atoms with Gasteiger partial charge in [-0.3, -0.25) is 0 Å². The zero-order valence-corrected chi connectivity index (χ0v) is 18.9. The fraction of sp³-hybridized carbons (Fsp3) is 0.480. The second-order valence-corrected chi connectivity index (χ2v) is 8.94. The number of aliphatic hydroxyl groups excluding tert-OH is 1. The van der Waals surface area contributed by atoms with Crippen LogP contribution in [-0.2, 0) is 4.74 Å². The summed E-state index contributed by atoms with van der Waals surface area (Å²) in [5.41, 5.74) is 0.454. The van der Waals surface area contributed by atoms with Gasteiger partial charge in [0.2, 0.25) is 0 Å². The SMILES string of the molecule is CC(C)(C)OC(=O)N1CCC(c2ccc(OCCCOc3ccccc3F)cc2)C(O)C1. The number of aliphatic hydroxyl groups is 1. The molecule has 1 aliphatic heterocycles. The summed E-state index contributed by atoms with van der Waals surface area (Å²) in [6.45, 7) is 7.08. The van der Waals surface area contributed by atoms with Crippen molar-refractivity contribution in [2.75, 3.05) is 26.3 Å². The Hall–Kier alpha value is -2.80. The minimum atomic E-state index is -0.654. The first-order valence-electron chi connectivity index (χ1n) is 11.0. The summed E-state index contributed by atoms with van der Waals surface area (Å²) in [6.07, 6.45) is 0.239. The number of piperidine rings is 1. The van der Waals surface area contributed by atoms with Crippen molar-refractivity contribution in [2.24, 2.45) is 0 Å². The molecule has 1 amide bonds. The summed E-state index contributed by atoms with van der Waals surface area (Å²) in [5.74, 6) is 0.550. The van der Waals surface area contributed by atoms with Crippen molar-refractivity contribution in [3.8, 4) is 11.5 Å². The number of para-hydroxylation sites is 1. The van der Waals surface area contributed by atoms with Crippen LogP contribution >= 0.6 is 0 Å². The maximum atomic E-state index is 13.5. The van der Waals surface area contributed by atoms with Crippen molar-refractivity contribution < 1.29 is 28.5 Å². The summed E-state index contributed by atoms with van der Waals surface area (Å²) in [7, 11) is 0. The molecule has 1 aliphatic rings. The number of hydrogen-bond donors (Lipinski definition) is 1. The van der Waals surface area contributed by atoms with Crippen LogP contribution in [0.2, 0.25) is 0 Å². The minimum Gasteiger partial charge on any atom is -0.493 e. The van der Waals surface area contributed by atoms with Crippen LogP contribution in [0.15, 0.2) is 48.5 Å². The lowest BCUT2D eigenvalue weighted by Crippen LogP contribution is -2.47. The van der Waals surface area contributed by atoms with Crippen molar-refractivity contribution in [3.05, 3.63) is 59.9 Å². The lowest BCUT2D eigenvalue weighted by Gasteiger charge is -2.36. The standard InChI is InChI=1S/C25H32FNO5/c1-25(2,3)32-24(29)27-14-13-20(22(28)17-27)18-9-11-19(12-10-18)30-15-6-16-31-23-8-5-4-7-21(23)26/h4-5,7-12,20,22,28H,6,13-17H2,1-3H3. The molecule has 2 aromatic carbocycles. The molecule has 0 aromatic heterocycles. The van der Waals surface area contributed by atoms with Gasteiger partial charge in [-0.25, -0.2) is 9.18 Å². The van der Waals surface area contributed by atoms with E-state index in [0.717, 1.165) is 11.3 Å². The topological polar surface area (TPSA) is 68.2 Å². The first-order valence-corrected chi connectivity index (χ1v) is 11.0. The smallest absolute Gasteiger partial charge is 0.410 e. The van der Waals surface area contributed by atoms with Gasteiger partial charge in [-0.2, -0.15) is 0 Å². The molecule has 0 radical (unpaired) electrons. The van der Waals surface area contributed by atoms with Crippen LogP contribution < -0.4 is 9.47 Å². The van der Waals surface area contributed by atoms with E-state index >= 15 is 0 Å². The Kier molecular flexibility index (Phi) is 7.96. The van der Waals surface area contributed by atoms with Crippen LogP contribution in [0.25, 0.3) is 0 Å². The van der Waals surface area contributed by atoms with Gasteiger partial charge in [0.1, 0.15) is 11.4 Å². The zero-order valence-electron chi connectivity index (χ0n) is 18.9. The van der Waals surface area contributed by atoms with Crippen LogP contribution in [0.5, 0.6) is 11.5 Å². The maximum absolute atomic E-state index is 13.5. The van der Waals surface area contributed by atoms with Crippen LogP contribution in [0.4, 0.5) is 9.18 Å². The molecule has 2 unspecified atom stereocenters. The minimum absolute atomic E-state index is 0.0445. The number of ether oxygens (including phenoxy) is 3. The predicted molar refractivity (Wildman–Crippen MR) is 120 cm³/mol. The van der Waals surface area contributed by atoms with Gasteiger partial charge >= 0.3 is 6.09 Å². The molecule has 2 atom stereocenters. The molecule has 1 heterocycles. The van der Waals surface area contributed by atoms with E-state index in [1.54, 1.807) is 23.1 Å². The van der Waals surface area contributed by atoms with Gasteiger partial charge in [0.25, 0.3) is 0 Å². The highest BCUT2D eigenvalue weighted by molar-refractivity contribution is 5.68. The molecule has 0 bridgehead atoms. The lowest BCUT2D eigenvalue weighted by atomic mass is 9.87. The second kappa shape index (κ2) is 10.7. The van der Waals surface area contributed by atoms with Gasteiger partial charge in [0.05, 0.1) is 25.9 Å². The average molecular weight is 446 g/mol. The second-order valence-electron chi connectivity index (χ2n) is 8.94. The van der Waals surface area contributed by atoms with E-state index in [9.17, 15) is 14.3 Å². The Morgan fingerprint density at radius 2 is 1.78 bits per heavy atom. The first-order chi connectivity index (χ1) is 15.2. The van der Waals surface area contributed by atoms with Crippen molar-refractivity contribution in [3.63, 3.8) is 0 Å². The number of carbonyl (C=O) groups is 1. The molecule has 3 rings (SSSR count). The lowest BCUT2D eigenvalue weighted by molar-refractivity contribution is -0.00152. The Morgan fingerprint density at radius 3 is 2.44 bits per heavy atom. The average Bonchev–Trinajstić information content (AvgIpc) is 2.74. The van der Waals surface area contributed by atoms with Crippen LogP contribution in [0.3, 0.4) is 0 Å². The highest BCUT2D eigenvalue weighted by Crippen LogP contribution is 2.30. The normalized spacial score (nSPS) is 18.8. The first kappa shape index (κ1) is 23.9. The van der Waals surface area contributed by atoms with Crippen molar-refractivity contribution >= 4 is 6.09 Å². The van der Waals surface area contributed by atoms with E-state index in [4.69, 9.17) is 14.2 Å². The van der Waals surface area contributed by atoms with Gasteiger partial charge in [0.15, 0.2) is 11.6 Å². The van der Waals surface area contributed by atoms with E-state index in [0.29, 0.717) is 32.6 Å². The van der Waals surface area contributed by atoms with Crippen molar-refractivity contribution in [1.29, 1.82) is 0 Å². The van der Waals surface area contributed by atoms with Crippen LogP contribution in [0.1, 0.15) is 45.1 Å². The number of carbonyl (C=O) groups excluding carboxylic acids is 1. The monoisotopic (exact) mass is 445 g/mol. The van der Waals surface area contributed by atoms with Crippen molar-refractivity contribution in [1.82, 2.24) is 4.90 Å². The number of benzene rings is 2. The molecular weight excluding hydrogens is 413 g/mol. The van der Waals surface area contributed by atoms with Gasteiger partial charge in [-0.05, 0) is 57.0 Å². The molecule has 1 fully saturated rings. The van der Waals surface area contributed by atoms with E-state index in [-0.39, 0.29) is 24.0 Å². The van der Waals surface area contributed by atoms with Crippen LogP contribution in [0, 0.1) is 5.82 Å². The van der Waals surface area contributed by atoms with Gasteiger partial charge in [0, 0.05) is 18.9 Å². The number of rotatable bonds is 7. The number of β-amino-alcohol motifs (C(OH)–C–C–N with tert-alkyl or cyclic N) is 1. The van der Waals surface area contributed by atoms with Crippen LogP contribution in [-0.4, -0.2) is 54.1 Å². The fourth-order valence-electron chi connectivity index (χ4n) is 3.62. The largest absolute Gasteiger partial charge is 0.493 e. The Labute approximate surface area is 188 Å². The summed E-state index contributed by atoms with van der Waals surface area (Å²) >= 11 is 0. The van der Waals surface area contributed by atoms with Gasteiger partial charge in [-0.15, -0.1) is 0 Å². The quantitative estimate of drug-likeness (QED) is 0.623. The molecule has 2 aromatic rings. The summed E-state index contributed by atoms with van der Waals surface area (Å²) in [5, 5.41) is 10.6. The molecule has 7 heteroatoms. The molecule has 0 spiro atoms. The fourth-order valence-corrected chi connectivity index (χ4v) is 3.62. The molecule has 32 heavy (non-hydrogen) atoms. The summed E-state index contributed by atoms with van der Waals surface area (Å²) in [4.78, 5) is 13.8. The third kappa shape index (κ3) is 6.85. The van der Waals surface area contributed by atoms with Gasteiger partial charge in [-0.1, -0.05) is 24.3 Å². The maximum Gasteiger partial charge on any atom is 0.410 e. The summed E-state index contributed by atoms with van der Waals surface area (Å²) in [6, 6.07) is 14.0. The number of nitrogens with zero attached hydrogens (tertiary/aromatic N) is 1. The number of hydrogen-bond acceptors (Lipinski definition) is 5. The third-order valence-electron chi connectivity index (χ3n) is 5.19. The number of likely N-dealkylation sites (tertiary alicyclic amines) is 1. The Balaban J connectivity index is 1.42.